The lowest BCUT2D eigenvalue weighted by Gasteiger charge is -2.40. The zero-order chi connectivity index (χ0) is 12.7. The van der Waals surface area contributed by atoms with Crippen molar-refractivity contribution >= 4 is 0 Å². The molecule has 0 spiro atoms. The van der Waals surface area contributed by atoms with E-state index in [1.807, 2.05) is 7.11 Å². The number of hydrogen-bond donors (Lipinski definition) is 1. The SMILES string of the molecule is COC1(CCNCCCN2CCOCC2)CCC1. The van der Waals surface area contributed by atoms with Crippen LogP contribution in [0, 0.1) is 0 Å². The van der Waals surface area contributed by atoms with Gasteiger partial charge in [0.05, 0.1) is 18.8 Å². The highest BCUT2D eigenvalue weighted by Crippen LogP contribution is 2.37. The molecule has 0 aromatic heterocycles. The molecule has 0 aromatic carbocycles. The molecule has 2 fully saturated rings. The fraction of sp³-hybridized carbons (Fsp3) is 1.00. The highest BCUT2D eigenvalue weighted by molar-refractivity contribution is 4.89. The van der Waals surface area contributed by atoms with Crippen LogP contribution in [0.5, 0.6) is 0 Å². The van der Waals surface area contributed by atoms with E-state index in [2.05, 4.69) is 10.2 Å². The van der Waals surface area contributed by atoms with E-state index in [1.54, 1.807) is 0 Å². The summed E-state index contributed by atoms with van der Waals surface area (Å²) in [6.07, 6.45) is 6.24. The predicted molar refractivity (Wildman–Crippen MR) is 73.0 cm³/mol. The van der Waals surface area contributed by atoms with Crippen molar-refractivity contribution < 1.29 is 9.47 Å². The molecule has 2 aliphatic rings. The molecular formula is C14H28N2O2. The van der Waals surface area contributed by atoms with E-state index < -0.39 is 0 Å². The van der Waals surface area contributed by atoms with Crippen LogP contribution >= 0.6 is 0 Å². The van der Waals surface area contributed by atoms with Crippen LogP contribution in [-0.2, 0) is 9.47 Å². The molecule has 0 amide bonds. The van der Waals surface area contributed by atoms with Crippen LogP contribution in [0.15, 0.2) is 0 Å². The van der Waals surface area contributed by atoms with Gasteiger partial charge in [0.2, 0.25) is 0 Å². The summed E-state index contributed by atoms with van der Waals surface area (Å²) in [6, 6.07) is 0. The van der Waals surface area contributed by atoms with Crippen molar-refractivity contribution in [3.63, 3.8) is 0 Å². The van der Waals surface area contributed by atoms with Gasteiger partial charge in [-0.1, -0.05) is 0 Å². The molecule has 1 aliphatic heterocycles. The van der Waals surface area contributed by atoms with Gasteiger partial charge in [-0.15, -0.1) is 0 Å². The highest BCUT2D eigenvalue weighted by Gasteiger charge is 2.35. The van der Waals surface area contributed by atoms with Gasteiger partial charge in [0.15, 0.2) is 0 Å². The Morgan fingerprint density at radius 3 is 2.61 bits per heavy atom. The van der Waals surface area contributed by atoms with Crippen LogP contribution in [0.1, 0.15) is 32.1 Å². The Bertz CT molecular complexity index is 220. The van der Waals surface area contributed by atoms with Crippen molar-refractivity contribution in [2.24, 2.45) is 0 Å². The Kier molecular flexibility index (Phi) is 5.89. The van der Waals surface area contributed by atoms with Gasteiger partial charge in [-0.05, 0) is 51.7 Å². The van der Waals surface area contributed by atoms with Crippen LogP contribution in [0.2, 0.25) is 0 Å². The van der Waals surface area contributed by atoms with Crippen LogP contribution in [0.3, 0.4) is 0 Å². The van der Waals surface area contributed by atoms with Crippen molar-refractivity contribution in [1.82, 2.24) is 10.2 Å². The number of nitrogens with one attached hydrogen (secondary N) is 1. The van der Waals surface area contributed by atoms with E-state index >= 15 is 0 Å². The molecule has 0 unspecified atom stereocenters. The monoisotopic (exact) mass is 256 g/mol. The molecule has 1 heterocycles. The summed E-state index contributed by atoms with van der Waals surface area (Å²) in [7, 11) is 1.86. The minimum Gasteiger partial charge on any atom is -0.379 e. The fourth-order valence-electron chi connectivity index (χ4n) is 2.82. The summed E-state index contributed by atoms with van der Waals surface area (Å²) in [5.74, 6) is 0. The van der Waals surface area contributed by atoms with Gasteiger partial charge in [-0.3, -0.25) is 4.90 Å². The third-order valence-electron chi connectivity index (χ3n) is 4.39. The summed E-state index contributed by atoms with van der Waals surface area (Å²) in [5, 5.41) is 3.55. The number of rotatable bonds is 8. The quantitative estimate of drug-likeness (QED) is 0.663. The molecule has 1 aliphatic carbocycles. The fourth-order valence-corrected chi connectivity index (χ4v) is 2.82. The van der Waals surface area contributed by atoms with Crippen molar-refractivity contribution in [2.75, 3.05) is 53.0 Å². The van der Waals surface area contributed by atoms with E-state index in [-0.39, 0.29) is 5.60 Å². The maximum atomic E-state index is 5.61. The second-order valence-electron chi connectivity index (χ2n) is 5.55. The van der Waals surface area contributed by atoms with Crippen LogP contribution in [0.25, 0.3) is 0 Å². The first kappa shape index (κ1) is 14.3. The second kappa shape index (κ2) is 7.43. The van der Waals surface area contributed by atoms with Crippen molar-refractivity contribution in [3.8, 4) is 0 Å². The molecule has 18 heavy (non-hydrogen) atoms. The van der Waals surface area contributed by atoms with Crippen molar-refractivity contribution in [3.05, 3.63) is 0 Å². The van der Waals surface area contributed by atoms with E-state index in [9.17, 15) is 0 Å². The third kappa shape index (κ3) is 4.19. The summed E-state index contributed by atoms with van der Waals surface area (Å²) in [6.45, 7) is 7.44. The predicted octanol–water partition coefficient (Wildman–Crippen LogP) is 1.26. The van der Waals surface area contributed by atoms with E-state index in [4.69, 9.17) is 9.47 Å². The molecule has 0 atom stereocenters. The second-order valence-corrected chi connectivity index (χ2v) is 5.55. The van der Waals surface area contributed by atoms with Gasteiger partial charge in [-0.25, -0.2) is 0 Å². The van der Waals surface area contributed by atoms with Gasteiger partial charge in [0.1, 0.15) is 0 Å². The van der Waals surface area contributed by atoms with Gasteiger partial charge >= 0.3 is 0 Å². The first-order valence-corrected chi connectivity index (χ1v) is 7.41. The molecule has 0 radical (unpaired) electrons. The third-order valence-corrected chi connectivity index (χ3v) is 4.39. The van der Waals surface area contributed by atoms with Crippen LogP contribution < -0.4 is 5.32 Å². The summed E-state index contributed by atoms with van der Waals surface area (Å²) < 4.78 is 11.0. The first-order valence-electron chi connectivity index (χ1n) is 7.41. The van der Waals surface area contributed by atoms with E-state index in [0.29, 0.717) is 0 Å². The van der Waals surface area contributed by atoms with Gasteiger partial charge < -0.3 is 14.8 Å². The Labute approximate surface area is 111 Å². The average molecular weight is 256 g/mol. The molecule has 4 heteroatoms. The van der Waals surface area contributed by atoms with Crippen molar-refractivity contribution in [2.45, 2.75) is 37.7 Å². The Morgan fingerprint density at radius 1 is 1.22 bits per heavy atom. The minimum atomic E-state index is 0.219. The lowest BCUT2D eigenvalue weighted by Crippen LogP contribution is -2.42. The summed E-state index contributed by atoms with van der Waals surface area (Å²) in [4.78, 5) is 2.49. The maximum absolute atomic E-state index is 5.61. The smallest absolute Gasteiger partial charge is 0.0690 e. The number of morpholine rings is 1. The molecule has 1 saturated heterocycles. The first-order chi connectivity index (χ1) is 8.85. The standard InChI is InChI=1S/C14H28N2O2/c1-17-14(4-2-5-14)6-8-15-7-3-9-16-10-12-18-13-11-16/h15H,2-13H2,1H3. The number of nitrogens with zero attached hydrogens (tertiary/aromatic N) is 1. The van der Waals surface area contributed by atoms with Crippen LogP contribution in [0.4, 0.5) is 0 Å². The molecule has 0 bridgehead atoms. The molecule has 1 N–H and O–H groups in total. The van der Waals surface area contributed by atoms with Gasteiger partial charge in [0, 0.05) is 20.2 Å². The molecule has 1 saturated carbocycles. The summed E-state index contributed by atoms with van der Waals surface area (Å²) >= 11 is 0. The van der Waals surface area contributed by atoms with Gasteiger partial charge in [0.25, 0.3) is 0 Å². The lowest BCUT2D eigenvalue weighted by molar-refractivity contribution is -0.0767. The average Bonchev–Trinajstić information content (AvgIpc) is 2.37. The molecule has 4 nitrogen and oxygen atoms in total. The van der Waals surface area contributed by atoms with Crippen LogP contribution in [-0.4, -0.2) is 63.5 Å². The molecular weight excluding hydrogens is 228 g/mol. The van der Waals surface area contributed by atoms with E-state index in [1.165, 1.54) is 38.6 Å². The Hall–Kier alpha value is -0.160. The highest BCUT2D eigenvalue weighted by atomic mass is 16.5. The Morgan fingerprint density at radius 2 is 2.00 bits per heavy atom. The van der Waals surface area contributed by atoms with E-state index in [0.717, 1.165) is 39.4 Å². The minimum absolute atomic E-state index is 0.219. The summed E-state index contributed by atoms with van der Waals surface area (Å²) in [5.41, 5.74) is 0.219. The zero-order valence-electron chi connectivity index (χ0n) is 11.7. The molecule has 106 valence electrons. The Balaban J connectivity index is 1.43. The van der Waals surface area contributed by atoms with Gasteiger partial charge in [-0.2, -0.15) is 0 Å². The normalized spacial score (nSPS) is 23.8. The maximum Gasteiger partial charge on any atom is 0.0690 e. The number of methoxy groups -OCH3 is 1. The lowest BCUT2D eigenvalue weighted by atomic mass is 9.77. The largest absolute Gasteiger partial charge is 0.379 e. The van der Waals surface area contributed by atoms with Crippen molar-refractivity contribution in [1.29, 1.82) is 0 Å². The number of hydrogen-bond acceptors (Lipinski definition) is 4. The zero-order valence-corrected chi connectivity index (χ0v) is 11.7. The molecule has 2 rings (SSSR count). The molecule has 0 aromatic rings. The topological polar surface area (TPSA) is 33.7 Å². The number of ether oxygens (including phenoxy) is 2.